The van der Waals surface area contributed by atoms with Gasteiger partial charge in [-0.3, -0.25) is 14.9 Å². The van der Waals surface area contributed by atoms with Gasteiger partial charge in [-0.05, 0) is 25.5 Å². The first-order valence-electron chi connectivity index (χ1n) is 8.73. The van der Waals surface area contributed by atoms with Crippen LogP contribution in [-0.2, 0) is 4.74 Å². The fourth-order valence-electron chi connectivity index (χ4n) is 2.42. The van der Waals surface area contributed by atoms with Gasteiger partial charge in [-0.15, -0.1) is 0 Å². The Bertz CT molecular complexity index is 463. The van der Waals surface area contributed by atoms with Crippen LogP contribution in [0.4, 0.5) is 0 Å². The zero-order valence-electron chi connectivity index (χ0n) is 14.5. The Balaban J connectivity index is 1.60. The van der Waals surface area contributed by atoms with Crippen LogP contribution in [0, 0.1) is 0 Å². The molecule has 24 heavy (non-hydrogen) atoms. The number of aromatic nitrogens is 1. The van der Waals surface area contributed by atoms with Gasteiger partial charge in [-0.1, -0.05) is 0 Å². The minimum atomic E-state index is 0.573. The molecule has 0 atom stereocenters. The Hall–Kier alpha value is -1.86. The third-order valence-corrected chi connectivity index (χ3v) is 3.65. The number of hydrogen-bond donors (Lipinski definition) is 2. The zero-order valence-corrected chi connectivity index (χ0v) is 14.5. The standard InChI is InChI=1S/C17H29N5O2/c1-2-19-17(20-7-4-9-22-10-13-23-14-11-22)21-8-12-24-16-5-3-6-18-15-16/h3,5-6,15H,2,4,7-14H2,1H3,(H2,19,20,21). The number of nitrogens with one attached hydrogen (secondary N) is 2. The molecule has 2 heterocycles. The van der Waals surface area contributed by atoms with Crippen molar-refractivity contribution in [3.05, 3.63) is 24.5 Å². The molecule has 0 saturated carbocycles. The largest absolute Gasteiger partial charge is 0.490 e. The Kier molecular flexibility index (Phi) is 8.96. The highest BCUT2D eigenvalue weighted by Gasteiger charge is 2.08. The van der Waals surface area contributed by atoms with Crippen LogP contribution in [0.1, 0.15) is 13.3 Å². The van der Waals surface area contributed by atoms with Gasteiger partial charge in [0.15, 0.2) is 5.96 Å². The van der Waals surface area contributed by atoms with E-state index >= 15 is 0 Å². The molecule has 1 aromatic rings. The van der Waals surface area contributed by atoms with E-state index in [0.29, 0.717) is 13.2 Å². The molecule has 0 aliphatic carbocycles. The molecule has 1 aliphatic rings. The lowest BCUT2D eigenvalue weighted by molar-refractivity contribution is 0.0377. The van der Waals surface area contributed by atoms with Crippen molar-refractivity contribution >= 4 is 5.96 Å². The van der Waals surface area contributed by atoms with Crippen molar-refractivity contribution in [3.63, 3.8) is 0 Å². The second-order valence-electron chi connectivity index (χ2n) is 5.53. The quantitative estimate of drug-likeness (QED) is 0.394. The van der Waals surface area contributed by atoms with Crippen molar-refractivity contribution in [2.45, 2.75) is 13.3 Å². The van der Waals surface area contributed by atoms with Crippen LogP contribution >= 0.6 is 0 Å². The number of ether oxygens (including phenoxy) is 2. The average molecular weight is 335 g/mol. The topological polar surface area (TPSA) is 71.0 Å². The molecule has 0 spiro atoms. The van der Waals surface area contributed by atoms with Crippen molar-refractivity contribution in [1.29, 1.82) is 0 Å². The molecular weight excluding hydrogens is 306 g/mol. The number of rotatable bonds is 9. The van der Waals surface area contributed by atoms with Gasteiger partial charge in [0.2, 0.25) is 0 Å². The first-order valence-corrected chi connectivity index (χ1v) is 8.73. The smallest absolute Gasteiger partial charge is 0.191 e. The van der Waals surface area contributed by atoms with E-state index in [1.807, 2.05) is 12.1 Å². The van der Waals surface area contributed by atoms with E-state index in [0.717, 1.165) is 64.1 Å². The molecule has 0 bridgehead atoms. The highest BCUT2D eigenvalue weighted by atomic mass is 16.5. The molecule has 0 radical (unpaired) electrons. The number of aliphatic imine (C=N–C) groups is 1. The van der Waals surface area contributed by atoms with Crippen LogP contribution < -0.4 is 15.4 Å². The van der Waals surface area contributed by atoms with E-state index in [2.05, 4.69) is 32.4 Å². The summed E-state index contributed by atoms with van der Waals surface area (Å²) in [5, 5.41) is 6.55. The van der Waals surface area contributed by atoms with Crippen LogP contribution in [0.15, 0.2) is 29.5 Å². The molecule has 134 valence electrons. The average Bonchev–Trinajstić information content (AvgIpc) is 2.64. The van der Waals surface area contributed by atoms with E-state index < -0.39 is 0 Å². The Morgan fingerprint density at radius 3 is 3.00 bits per heavy atom. The van der Waals surface area contributed by atoms with Crippen molar-refractivity contribution in [3.8, 4) is 5.75 Å². The Morgan fingerprint density at radius 1 is 1.38 bits per heavy atom. The fraction of sp³-hybridized carbons (Fsp3) is 0.647. The third kappa shape index (κ3) is 7.61. The van der Waals surface area contributed by atoms with Gasteiger partial charge >= 0.3 is 0 Å². The van der Waals surface area contributed by atoms with Crippen molar-refractivity contribution in [2.75, 3.05) is 59.1 Å². The predicted molar refractivity (Wildman–Crippen MR) is 95.6 cm³/mol. The molecule has 1 fully saturated rings. The second-order valence-corrected chi connectivity index (χ2v) is 5.53. The van der Waals surface area contributed by atoms with Crippen LogP contribution in [-0.4, -0.2) is 74.9 Å². The van der Waals surface area contributed by atoms with Crippen LogP contribution in [0.3, 0.4) is 0 Å². The van der Waals surface area contributed by atoms with Crippen molar-refractivity contribution in [2.24, 2.45) is 4.99 Å². The molecule has 7 heteroatoms. The normalized spacial score (nSPS) is 16.0. The number of hydrogen-bond acceptors (Lipinski definition) is 5. The van der Waals surface area contributed by atoms with Crippen molar-refractivity contribution < 1.29 is 9.47 Å². The molecule has 0 amide bonds. The van der Waals surface area contributed by atoms with Gasteiger partial charge in [0.25, 0.3) is 0 Å². The molecule has 2 rings (SSSR count). The maximum Gasteiger partial charge on any atom is 0.191 e. The van der Waals surface area contributed by atoms with Gasteiger partial charge in [-0.2, -0.15) is 0 Å². The number of pyridine rings is 1. The monoisotopic (exact) mass is 335 g/mol. The van der Waals surface area contributed by atoms with Crippen molar-refractivity contribution in [1.82, 2.24) is 20.5 Å². The molecule has 1 aromatic heterocycles. The maximum atomic E-state index is 5.61. The highest BCUT2D eigenvalue weighted by molar-refractivity contribution is 5.79. The van der Waals surface area contributed by atoms with E-state index in [-0.39, 0.29) is 0 Å². The summed E-state index contributed by atoms with van der Waals surface area (Å²) in [5.74, 6) is 1.63. The summed E-state index contributed by atoms with van der Waals surface area (Å²) < 4.78 is 11.0. The summed E-state index contributed by atoms with van der Waals surface area (Å²) in [6.07, 6.45) is 4.51. The van der Waals surface area contributed by atoms with Gasteiger partial charge in [0, 0.05) is 38.9 Å². The van der Waals surface area contributed by atoms with Gasteiger partial charge in [-0.25, -0.2) is 0 Å². The zero-order chi connectivity index (χ0) is 16.9. The van der Waals surface area contributed by atoms with E-state index in [1.165, 1.54) is 0 Å². The third-order valence-electron chi connectivity index (χ3n) is 3.65. The first-order chi connectivity index (χ1) is 11.9. The first kappa shape index (κ1) is 18.5. The summed E-state index contributed by atoms with van der Waals surface area (Å²) in [4.78, 5) is 11.1. The Labute approximate surface area is 144 Å². The van der Waals surface area contributed by atoms with Crippen LogP contribution in [0.5, 0.6) is 5.75 Å². The number of nitrogens with zero attached hydrogens (tertiary/aromatic N) is 3. The molecule has 1 saturated heterocycles. The van der Waals surface area contributed by atoms with Crippen LogP contribution in [0.2, 0.25) is 0 Å². The summed E-state index contributed by atoms with van der Waals surface area (Å²) in [6, 6.07) is 3.76. The molecule has 7 nitrogen and oxygen atoms in total. The number of guanidine groups is 1. The molecule has 2 N–H and O–H groups in total. The SMILES string of the molecule is CCNC(=NCCCN1CCOCC1)NCCOc1cccnc1. The van der Waals surface area contributed by atoms with Crippen LogP contribution in [0.25, 0.3) is 0 Å². The van der Waals surface area contributed by atoms with E-state index in [4.69, 9.17) is 9.47 Å². The predicted octanol–water partition coefficient (Wildman–Crippen LogP) is 0.738. The molecule has 0 unspecified atom stereocenters. The molecular formula is C17H29N5O2. The van der Waals surface area contributed by atoms with E-state index in [9.17, 15) is 0 Å². The minimum Gasteiger partial charge on any atom is -0.490 e. The summed E-state index contributed by atoms with van der Waals surface area (Å²) in [6.45, 7) is 9.85. The summed E-state index contributed by atoms with van der Waals surface area (Å²) in [7, 11) is 0. The van der Waals surface area contributed by atoms with Gasteiger partial charge in [0.1, 0.15) is 12.4 Å². The lowest BCUT2D eigenvalue weighted by Crippen LogP contribution is -2.39. The van der Waals surface area contributed by atoms with Gasteiger partial charge < -0.3 is 20.1 Å². The lowest BCUT2D eigenvalue weighted by atomic mass is 10.3. The lowest BCUT2D eigenvalue weighted by Gasteiger charge is -2.26. The molecule has 0 aromatic carbocycles. The highest BCUT2D eigenvalue weighted by Crippen LogP contribution is 2.04. The summed E-state index contributed by atoms with van der Waals surface area (Å²) >= 11 is 0. The number of morpholine rings is 1. The van der Waals surface area contributed by atoms with Gasteiger partial charge in [0.05, 0.1) is 26.0 Å². The second kappa shape index (κ2) is 11.6. The van der Waals surface area contributed by atoms with E-state index in [1.54, 1.807) is 12.4 Å². The summed E-state index contributed by atoms with van der Waals surface area (Å²) in [5.41, 5.74) is 0. The molecule has 1 aliphatic heterocycles. The fourth-order valence-corrected chi connectivity index (χ4v) is 2.42. The Morgan fingerprint density at radius 2 is 2.25 bits per heavy atom. The minimum absolute atomic E-state index is 0.573. The maximum absolute atomic E-state index is 5.61.